The Labute approximate surface area is 204 Å². The van der Waals surface area contributed by atoms with Crippen molar-refractivity contribution in [3.05, 3.63) is 95.8 Å². The van der Waals surface area contributed by atoms with E-state index in [1.165, 1.54) is 11.8 Å². The maximum absolute atomic E-state index is 12.8. The van der Waals surface area contributed by atoms with Crippen molar-refractivity contribution in [3.63, 3.8) is 0 Å². The van der Waals surface area contributed by atoms with Crippen LogP contribution in [0.4, 0.5) is 0 Å². The number of aromatic nitrogens is 3. The number of carbonyl (C=O) groups excluding carboxylic acids is 1. The van der Waals surface area contributed by atoms with Crippen molar-refractivity contribution in [2.24, 2.45) is 0 Å². The van der Waals surface area contributed by atoms with Crippen LogP contribution < -0.4 is 0 Å². The van der Waals surface area contributed by atoms with Gasteiger partial charge in [0.05, 0.1) is 10.6 Å². The summed E-state index contributed by atoms with van der Waals surface area (Å²) < 4.78 is 27.4. The Morgan fingerprint density at radius 2 is 1.53 bits per heavy atom. The molecule has 34 heavy (non-hydrogen) atoms. The topological polar surface area (TPSA) is 81.9 Å². The first-order valence-electron chi connectivity index (χ1n) is 10.9. The Balaban J connectivity index is 1.43. The number of thioether (sulfide) groups is 1. The van der Waals surface area contributed by atoms with Crippen LogP contribution in [0.1, 0.15) is 28.7 Å². The fourth-order valence-corrected chi connectivity index (χ4v) is 5.73. The maximum atomic E-state index is 12.8. The summed E-state index contributed by atoms with van der Waals surface area (Å²) in [6.45, 7) is 4.32. The largest absolute Gasteiger partial charge is 0.305 e. The monoisotopic (exact) mass is 491 g/mol. The minimum absolute atomic E-state index is 0.0240. The lowest BCUT2D eigenvalue weighted by molar-refractivity contribution is 0.102. The molecular formula is C26H25N3O3S2. The van der Waals surface area contributed by atoms with Gasteiger partial charge < -0.3 is 4.57 Å². The summed E-state index contributed by atoms with van der Waals surface area (Å²) in [5, 5.41) is 8.80. The van der Waals surface area contributed by atoms with E-state index in [2.05, 4.69) is 10.2 Å². The molecule has 0 saturated heterocycles. The van der Waals surface area contributed by atoms with Crippen LogP contribution >= 0.6 is 11.8 Å². The zero-order chi connectivity index (χ0) is 24.1. The van der Waals surface area contributed by atoms with Crippen LogP contribution in [-0.2, 0) is 22.1 Å². The van der Waals surface area contributed by atoms with E-state index in [1.54, 1.807) is 28.8 Å². The second-order valence-corrected chi connectivity index (χ2v) is 10.8. The average Bonchev–Trinajstić information content (AvgIpc) is 3.24. The van der Waals surface area contributed by atoms with Gasteiger partial charge in [-0.25, -0.2) is 8.42 Å². The van der Waals surface area contributed by atoms with Crippen molar-refractivity contribution in [2.45, 2.75) is 36.2 Å². The minimum Gasteiger partial charge on any atom is -0.305 e. The molecule has 0 radical (unpaired) electrons. The highest BCUT2D eigenvalue weighted by molar-refractivity contribution is 7.99. The standard InChI is InChI=1S/C26H25N3O3S2/c1-3-29-25(18-34(31,32)23-15-9-19(2)10-16-23)27-28-26(29)33-17-24(30)22-13-11-21(12-14-22)20-7-5-4-6-8-20/h4-16H,3,17-18H2,1-2H3. The highest BCUT2D eigenvalue weighted by Gasteiger charge is 2.21. The summed E-state index contributed by atoms with van der Waals surface area (Å²) in [5.74, 6) is 0.286. The van der Waals surface area contributed by atoms with Crippen molar-refractivity contribution in [3.8, 4) is 11.1 Å². The molecule has 0 saturated carbocycles. The Morgan fingerprint density at radius 1 is 0.882 bits per heavy atom. The number of hydrogen-bond donors (Lipinski definition) is 0. The molecule has 0 amide bonds. The Bertz CT molecular complexity index is 1380. The van der Waals surface area contributed by atoms with Gasteiger partial charge in [0.25, 0.3) is 0 Å². The van der Waals surface area contributed by atoms with Crippen LogP contribution in [0, 0.1) is 6.92 Å². The molecular weight excluding hydrogens is 466 g/mol. The average molecular weight is 492 g/mol. The van der Waals surface area contributed by atoms with Gasteiger partial charge in [0, 0.05) is 12.1 Å². The van der Waals surface area contributed by atoms with Gasteiger partial charge in [-0.05, 0) is 37.1 Å². The van der Waals surface area contributed by atoms with E-state index in [0.29, 0.717) is 23.1 Å². The molecule has 0 aliphatic rings. The molecule has 4 aromatic rings. The predicted octanol–water partition coefficient (Wildman–Crippen LogP) is 5.22. The van der Waals surface area contributed by atoms with Gasteiger partial charge >= 0.3 is 0 Å². The second kappa shape index (κ2) is 10.4. The zero-order valence-corrected chi connectivity index (χ0v) is 20.6. The van der Waals surface area contributed by atoms with Gasteiger partial charge in [-0.1, -0.05) is 84.1 Å². The molecule has 0 fully saturated rings. The summed E-state index contributed by atoms with van der Waals surface area (Å²) in [4.78, 5) is 13.0. The smallest absolute Gasteiger partial charge is 0.191 e. The van der Waals surface area contributed by atoms with Crippen LogP contribution in [0.5, 0.6) is 0 Å². The van der Waals surface area contributed by atoms with Crippen molar-refractivity contribution in [1.29, 1.82) is 0 Å². The number of sulfone groups is 1. The lowest BCUT2D eigenvalue weighted by Gasteiger charge is -2.08. The molecule has 0 spiro atoms. The molecule has 1 heterocycles. The van der Waals surface area contributed by atoms with Crippen LogP contribution in [0.3, 0.4) is 0 Å². The molecule has 0 aliphatic heterocycles. The molecule has 0 bridgehead atoms. The number of benzene rings is 3. The lowest BCUT2D eigenvalue weighted by atomic mass is 10.0. The van der Waals surface area contributed by atoms with Gasteiger partial charge in [-0.15, -0.1) is 10.2 Å². The van der Waals surface area contributed by atoms with E-state index in [4.69, 9.17) is 0 Å². The molecule has 0 atom stereocenters. The number of aryl methyl sites for hydroxylation is 1. The molecule has 0 N–H and O–H groups in total. The summed E-state index contributed by atoms with van der Waals surface area (Å²) in [7, 11) is -3.55. The van der Waals surface area contributed by atoms with Crippen LogP contribution in [0.15, 0.2) is 88.9 Å². The van der Waals surface area contributed by atoms with Gasteiger partial charge in [-0.2, -0.15) is 0 Å². The van der Waals surface area contributed by atoms with Crippen LogP contribution in [-0.4, -0.2) is 34.7 Å². The summed E-state index contributed by atoms with van der Waals surface area (Å²) in [5.41, 5.74) is 3.76. The SMILES string of the molecule is CCn1c(CS(=O)(=O)c2ccc(C)cc2)nnc1SCC(=O)c1ccc(-c2ccccc2)cc1. The number of rotatable bonds is 9. The number of Topliss-reactive ketones (excluding diaryl/α,β-unsaturated/α-hetero) is 1. The van der Waals surface area contributed by atoms with Gasteiger partial charge in [0.1, 0.15) is 11.6 Å². The van der Waals surface area contributed by atoms with E-state index >= 15 is 0 Å². The second-order valence-electron chi connectivity index (χ2n) is 7.87. The Morgan fingerprint density at radius 3 is 2.18 bits per heavy atom. The molecule has 3 aromatic carbocycles. The van der Waals surface area contributed by atoms with Crippen molar-refractivity contribution in [2.75, 3.05) is 5.75 Å². The van der Waals surface area contributed by atoms with E-state index in [9.17, 15) is 13.2 Å². The third kappa shape index (κ3) is 5.46. The first kappa shape index (κ1) is 23.9. The molecule has 0 unspecified atom stereocenters. The normalized spacial score (nSPS) is 11.5. The molecule has 4 rings (SSSR count). The fourth-order valence-electron chi connectivity index (χ4n) is 3.54. The molecule has 0 aliphatic carbocycles. The number of hydrogen-bond acceptors (Lipinski definition) is 6. The highest BCUT2D eigenvalue weighted by atomic mass is 32.2. The third-order valence-electron chi connectivity index (χ3n) is 5.46. The zero-order valence-electron chi connectivity index (χ0n) is 19.0. The van der Waals surface area contributed by atoms with Crippen LogP contribution in [0.25, 0.3) is 11.1 Å². The first-order valence-corrected chi connectivity index (χ1v) is 13.5. The van der Waals surface area contributed by atoms with Gasteiger partial charge in [0.2, 0.25) is 0 Å². The first-order chi connectivity index (χ1) is 16.4. The predicted molar refractivity (Wildman–Crippen MR) is 135 cm³/mol. The summed E-state index contributed by atoms with van der Waals surface area (Å²) in [6, 6.07) is 24.3. The number of ketones is 1. The summed E-state index contributed by atoms with van der Waals surface area (Å²) in [6.07, 6.45) is 0. The van der Waals surface area contributed by atoms with Crippen molar-refractivity contribution >= 4 is 27.4 Å². The van der Waals surface area contributed by atoms with E-state index in [1.807, 2.05) is 68.4 Å². The minimum atomic E-state index is -3.55. The number of carbonyl (C=O) groups is 1. The van der Waals surface area contributed by atoms with Crippen molar-refractivity contribution < 1.29 is 13.2 Å². The number of nitrogens with zero attached hydrogens (tertiary/aromatic N) is 3. The van der Waals surface area contributed by atoms with Crippen molar-refractivity contribution in [1.82, 2.24) is 14.8 Å². The van der Waals surface area contributed by atoms with Crippen LogP contribution in [0.2, 0.25) is 0 Å². The Hall–Kier alpha value is -3.23. The maximum Gasteiger partial charge on any atom is 0.191 e. The third-order valence-corrected chi connectivity index (χ3v) is 8.05. The van der Waals surface area contributed by atoms with E-state index in [-0.39, 0.29) is 22.2 Å². The van der Waals surface area contributed by atoms with E-state index in [0.717, 1.165) is 16.7 Å². The highest BCUT2D eigenvalue weighted by Crippen LogP contribution is 2.23. The molecule has 6 nitrogen and oxygen atoms in total. The molecule has 8 heteroatoms. The molecule has 174 valence electrons. The Kier molecular flexibility index (Phi) is 7.29. The van der Waals surface area contributed by atoms with Gasteiger partial charge in [0.15, 0.2) is 20.8 Å². The summed E-state index contributed by atoms with van der Waals surface area (Å²) >= 11 is 1.26. The van der Waals surface area contributed by atoms with E-state index < -0.39 is 9.84 Å². The quantitative estimate of drug-likeness (QED) is 0.236. The fraction of sp³-hybridized carbons (Fsp3) is 0.192. The lowest BCUT2D eigenvalue weighted by Crippen LogP contribution is -2.11. The van der Waals surface area contributed by atoms with Gasteiger partial charge in [-0.3, -0.25) is 4.79 Å². The molecule has 1 aromatic heterocycles.